The number of carbonyl (C=O) groups excluding carboxylic acids is 2. The van der Waals surface area contributed by atoms with E-state index in [2.05, 4.69) is 16.0 Å². The van der Waals surface area contributed by atoms with Crippen LogP contribution in [0.5, 0.6) is 0 Å². The van der Waals surface area contributed by atoms with Crippen LogP contribution in [0.25, 0.3) is 0 Å². The van der Waals surface area contributed by atoms with E-state index in [0.717, 1.165) is 25.7 Å². The molecule has 1 aliphatic rings. The smallest absolute Gasteiger partial charge is 0.319 e. The Bertz CT molecular complexity index is 574. The first kappa shape index (κ1) is 18.2. The molecule has 5 N–H and O–H groups in total. The Morgan fingerprint density at radius 1 is 1.12 bits per heavy atom. The lowest BCUT2D eigenvalue weighted by molar-refractivity contribution is -0.116. The molecule has 24 heavy (non-hydrogen) atoms. The summed E-state index contributed by atoms with van der Waals surface area (Å²) in [5.41, 5.74) is 5.99. The summed E-state index contributed by atoms with van der Waals surface area (Å²) in [6.07, 6.45) is 6.18. The van der Waals surface area contributed by atoms with Gasteiger partial charge in [0.2, 0.25) is 5.91 Å². The molecule has 0 unspecified atom stereocenters. The number of benzene rings is 1. The van der Waals surface area contributed by atoms with Gasteiger partial charge in [0.25, 0.3) is 0 Å². The number of halogens is 1. The van der Waals surface area contributed by atoms with E-state index in [0.29, 0.717) is 18.7 Å². The standard InChI is InChI=1S/C17H25FN4O2/c18-12-8-9-14(15(11-12)21-16(23)7-4-10-19)22-17(24)20-13-5-2-1-3-6-13/h8-9,11,13H,1-7,10,19H2,(H,21,23)(H2,20,22,24). The molecule has 1 aliphatic carbocycles. The number of amides is 3. The third kappa shape index (κ3) is 5.81. The van der Waals surface area contributed by atoms with E-state index in [1.807, 2.05) is 0 Å². The lowest BCUT2D eigenvalue weighted by Crippen LogP contribution is -2.39. The van der Waals surface area contributed by atoms with E-state index >= 15 is 0 Å². The fraction of sp³-hybridized carbons (Fsp3) is 0.529. The number of anilines is 2. The SMILES string of the molecule is NCCCC(=O)Nc1cc(F)ccc1NC(=O)NC1CCCCC1. The summed E-state index contributed by atoms with van der Waals surface area (Å²) in [4.78, 5) is 24.0. The van der Waals surface area contributed by atoms with Crippen molar-refractivity contribution in [2.45, 2.75) is 51.0 Å². The van der Waals surface area contributed by atoms with Gasteiger partial charge in [-0.2, -0.15) is 0 Å². The molecule has 1 saturated carbocycles. The van der Waals surface area contributed by atoms with Gasteiger partial charge in [-0.05, 0) is 44.0 Å². The van der Waals surface area contributed by atoms with Crippen molar-refractivity contribution in [3.63, 3.8) is 0 Å². The highest BCUT2D eigenvalue weighted by molar-refractivity contribution is 5.99. The van der Waals surface area contributed by atoms with Crippen molar-refractivity contribution in [3.05, 3.63) is 24.0 Å². The van der Waals surface area contributed by atoms with Crippen molar-refractivity contribution in [2.75, 3.05) is 17.2 Å². The molecule has 0 aliphatic heterocycles. The summed E-state index contributed by atoms with van der Waals surface area (Å²) in [7, 11) is 0. The maximum atomic E-state index is 13.5. The Morgan fingerprint density at radius 2 is 1.88 bits per heavy atom. The molecular weight excluding hydrogens is 311 g/mol. The van der Waals surface area contributed by atoms with Gasteiger partial charge in [0.05, 0.1) is 11.4 Å². The van der Waals surface area contributed by atoms with Crippen LogP contribution in [0.4, 0.5) is 20.6 Å². The second kappa shape index (κ2) is 9.22. The Hall–Kier alpha value is -2.15. The molecule has 7 heteroatoms. The summed E-state index contributed by atoms with van der Waals surface area (Å²) >= 11 is 0. The molecule has 0 saturated heterocycles. The molecule has 0 bridgehead atoms. The quantitative estimate of drug-likeness (QED) is 0.643. The van der Waals surface area contributed by atoms with Crippen molar-refractivity contribution in [1.29, 1.82) is 0 Å². The number of nitrogens with two attached hydrogens (primary N) is 1. The first-order valence-corrected chi connectivity index (χ1v) is 8.45. The van der Waals surface area contributed by atoms with Crippen LogP contribution in [0.2, 0.25) is 0 Å². The maximum absolute atomic E-state index is 13.5. The summed E-state index contributed by atoms with van der Waals surface area (Å²) in [5, 5.41) is 8.23. The average molecular weight is 336 g/mol. The predicted molar refractivity (Wildman–Crippen MR) is 92.3 cm³/mol. The van der Waals surface area contributed by atoms with Crippen LogP contribution in [0.15, 0.2) is 18.2 Å². The van der Waals surface area contributed by atoms with Gasteiger partial charge in [-0.25, -0.2) is 9.18 Å². The number of rotatable bonds is 6. The first-order chi connectivity index (χ1) is 11.6. The number of urea groups is 1. The topological polar surface area (TPSA) is 96.2 Å². The van der Waals surface area contributed by atoms with Gasteiger partial charge < -0.3 is 21.7 Å². The van der Waals surface area contributed by atoms with Gasteiger partial charge in [0.1, 0.15) is 5.82 Å². The molecule has 3 amide bonds. The van der Waals surface area contributed by atoms with Crippen molar-refractivity contribution < 1.29 is 14.0 Å². The molecule has 0 heterocycles. The van der Waals surface area contributed by atoms with Gasteiger partial charge in [-0.1, -0.05) is 19.3 Å². The second-order valence-corrected chi connectivity index (χ2v) is 6.06. The summed E-state index contributed by atoms with van der Waals surface area (Å²) in [6.45, 7) is 0.408. The molecule has 0 atom stereocenters. The fourth-order valence-electron chi connectivity index (χ4n) is 2.79. The van der Waals surface area contributed by atoms with E-state index in [9.17, 15) is 14.0 Å². The summed E-state index contributed by atoms with van der Waals surface area (Å²) in [6, 6.07) is 3.70. The van der Waals surface area contributed by atoms with Crippen LogP contribution < -0.4 is 21.7 Å². The van der Waals surface area contributed by atoms with Crippen LogP contribution in [0.1, 0.15) is 44.9 Å². The molecular formula is C17H25FN4O2. The van der Waals surface area contributed by atoms with E-state index in [1.165, 1.54) is 24.6 Å². The van der Waals surface area contributed by atoms with Crippen LogP contribution in [0.3, 0.4) is 0 Å². The lowest BCUT2D eigenvalue weighted by atomic mass is 9.96. The molecule has 0 aromatic heterocycles. The van der Waals surface area contributed by atoms with Gasteiger partial charge in [-0.3, -0.25) is 4.79 Å². The van der Waals surface area contributed by atoms with Crippen molar-refractivity contribution in [1.82, 2.24) is 5.32 Å². The zero-order valence-electron chi connectivity index (χ0n) is 13.7. The largest absolute Gasteiger partial charge is 0.335 e. The minimum atomic E-state index is -0.484. The minimum absolute atomic E-state index is 0.168. The number of nitrogens with one attached hydrogen (secondary N) is 3. The highest BCUT2D eigenvalue weighted by Gasteiger charge is 2.17. The zero-order chi connectivity index (χ0) is 17.4. The van der Waals surface area contributed by atoms with Gasteiger partial charge in [0.15, 0.2) is 0 Å². The van der Waals surface area contributed by atoms with Crippen molar-refractivity contribution in [2.24, 2.45) is 5.73 Å². The number of hydrogen-bond donors (Lipinski definition) is 4. The first-order valence-electron chi connectivity index (χ1n) is 8.45. The lowest BCUT2D eigenvalue weighted by Gasteiger charge is -2.23. The molecule has 1 aromatic carbocycles. The van der Waals surface area contributed by atoms with Gasteiger partial charge >= 0.3 is 6.03 Å². The highest BCUT2D eigenvalue weighted by atomic mass is 19.1. The maximum Gasteiger partial charge on any atom is 0.319 e. The van der Waals surface area contributed by atoms with Crippen LogP contribution in [-0.4, -0.2) is 24.5 Å². The van der Waals surface area contributed by atoms with Gasteiger partial charge in [0, 0.05) is 12.5 Å². The molecule has 6 nitrogen and oxygen atoms in total. The van der Waals surface area contributed by atoms with Crippen molar-refractivity contribution >= 4 is 23.3 Å². The van der Waals surface area contributed by atoms with E-state index in [4.69, 9.17) is 5.73 Å². The van der Waals surface area contributed by atoms with E-state index in [1.54, 1.807) is 0 Å². The Kier molecular flexibility index (Phi) is 6.99. The summed E-state index contributed by atoms with van der Waals surface area (Å²) in [5.74, 6) is -0.746. The predicted octanol–water partition coefficient (Wildman–Crippen LogP) is 2.96. The third-order valence-electron chi connectivity index (χ3n) is 4.05. The molecule has 2 rings (SSSR count). The number of carbonyl (C=O) groups is 2. The van der Waals surface area contributed by atoms with Crippen LogP contribution >= 0.6 is 0 Å². The molecule has 1 fully saturated rings. The van der Waals surface area contributed by atoms with Crippen LogP contribution in [-0.2, 0) is 4.79 Å². The Morgan fingerprint density at radius 3 is 2.58 bits per heavy atom. The number of hydrogen-bond acceptors (Lipinski definition) is 3. The average Bonchev–Trinajstić information content (AvgIpc) is 2.56. The van der Waals surface area contributed by atoms with E-state index < -0.39 is 5.82 Å². The zero-order valence-corrected chi connectivity index (χ0v) is 13.7. The monoisotopic (exact) mass is 336 g/mol. The molecule has 132 valence electrons. The molecule has 0 radical (unpaired) electrons. The fourth-order valence-corrected chi connectivity index (χ4v) is 2.79. The molecule has 0 spiro atoms. The van der Waals surface area contributed by atoms with Crippen molar-refractivity contribution in [3.8, 4) is 0 Å². The Labute approximate surface area is 141 Å². The normalized spacial score (nSPS) is 14.9. The van der Waals surface area contributed by atoms with Crippen LogP contribution in [0, 0.1) is 5.82 Å². The summed E-state index contributed by atoms with van der Waals surface area (Å²) < 4.78 is 13.5. The minimum Gasteiger partial charge on any atom is -0.335 e. The van der Waals surface area contributed by atoms with E-state index in [-0.39, 0.29) is 30.1 Å². The van der Waals surface area contributed by atoms with Gasteiger partial charge in [-0.15, -0.1) is 0 Å². The highest BCUT2D eigenvalue weighted by Crippen LogP contribution is 2.23. The third-order valence-corrected chi connectivity index (χ3v) is 4.05. The molecule has 1 aromatic rings. The second-order valence-electron chi connectivity index (χ2n) is 6.06. The Balaban J connectivity index is 1.97.